The van der Waals surface area contributed by atoms with Crippen molar-refractivity contribution >= 4 is 17.2 Å². The lowest BCUT2D eigenvalue weighted by molar-refractivity contribution is -0.136. The maximum Gasteiger partial charge on any atom is 0.226 e. The molecule has 2 aromatic rings. The van der Waals surface area contributed by atoms with E-state index in [2.05, 4.69) is 41.1 Å². The molecule has 1 saturated heterocycles. The molecule has 1 amide bonds. The SMILES string of the molecule is Cc1ccccc1[C@@H]1C[C@@H]1C(=O)N1CCCC[C@H]1c1nccs1. The summed E-state index contributed by atoms with van der Waals surface area (Å²) in [6, 6.07) is 8.69. The van der Waals surface area contributed by atoms with Crippen molar-refractivity contribution in [3.8, 4) is 0 Å². The average molecular weight is 326 g/mol. The van der Waals surface area contributed by atoms with E-state index in [1.807, 2.05) is 11.6 Å². The van der Waals surface area contributed by atoms with Crippen molar-refractivity contribution in [1.29, 1.82) is 0 Å². The molecule has 1 aromatic heterocycles. The smallest absolute Gasteiger partial charge is 0.226 e. The molecule has 2 aliphatic rings. The quantitative estimate of drug-likeness (QED) is 0.842. The van der Waals surface area contributed by atoms with Gasteiger partial charge in [0, 0.05) is 24.0 Å². The number of hydrogen-bond donors (Lipinski definition) is 0. The second-order valence-electron chi connectivity index (χ2n) is 6.72. The van der Waals surface area contributed by atoms with Crippen LogP contribution < -0.4 is 0 Å². The number of piperidine rings is 1. The molecule has 2 fully saturated rings. The predicted octanol–water partition coefficient (Wildman–Crippen LogP) is 4.31. The molecule has 1 aromatic carbocycles. The lowest BCUT2D eigenvalue weighted by atomic mass is 10.00. The highest BCUT2D eigenvalue weighted by molar-refractivity contribution is 7.09. The minimum atomic E-state index is 0.177. The second kappa shape index (κ2) is 6.08. The number of carbonyl (C=O) groups excluding carboxylic acids is 1. The van der Waals surface area contributed by atoms with Crippen molar-refractivity contribution in [3.05, 3.63) is 52.0 Å². The van der Waals surface area contributed by atoms with Crippen molar-refractivity contribution in [2.75, 3.05) is 6.54 Å². The normalized spacial score (nSPS) is 27.0. The van der Waals surface area contributed by atoms with Gasteiger partial charge in [-0.3, -0.25) is 4.79 Å². The van der Waals surface area contributed by atoms with Crippen LogP contribution >= 0.6 is 11.3 Å². The molecule has 2 heterocycles. The van der Waals surface area contributed by atoms with Gasteiger partial charge in [-0.25, -0.2) is 4.98 Å². The van der Waals surface area contributed by atoms with Crippen molar-refractivity contribution in [2.24, 2.45) is 5.92 Å². The standard InChI is InChI=1S/C19H22N2OS/c1-13-6-2-3-7-14(13)15-12-16(15)19(22)21-10-5-4-8-17(21)18-20-9-11-23-18/h2-3,6-7,9,11,15-17H,4-5,8,10,12H2,1H3/t15-,16-,17-/m0/s1. The third-order valence-electron chi connectivity index (χ3n) is 5.22. The Morgan fingerprint density at radius 3 is 2.96 bits per heavy atom. The Bertz CT molecular complexity index is 697. The number of benzene rings is 1. The van der Waals surface area contributed by atoms with Gasteiger partial charge in [-0.05, 0) is 49.7 Å². The Balaban J connectivity index is 1.51. The van der Waals surface area contributed by atoms with E-state index >= 15 is 0 Å². The van der Waals surface area contributed by atoms with Gasteiger partial charge in [0.2, 0.25) is 5.91 Å². The maximum absolute atomic E-state index is 13.1. The van der Waals surface area contributed by atoms with Crippen LogP contribution in [-0.4, -0.2) is 22.3 Å². The second-order valence-corrected chi connectivity index (χ2v) is 7.64. The molecule has 1 aliphatic heterocycles. The number of rotatable bonds is 3. The summed E-state index contributed by atoms with van der Waals surface area (Å²) >= 11 is 1.68. The Morgan fingerprint density at radius 2 is 2.17 bits per heavy atom. The lowest BCUT2D eigenvalue weighted by Crippen LogP contribution is -2.39. The third kappa shape index (κ3) is 2.80. The van der Waals surface area contributed by atoms with Crippen LogP contribution in [0.15, 0.2) is 35.8 Å². The van der Waals surface area contributed by atoms with E-state index in [-0.39, 0.29) is 12.0 Å². The first-order chi connectivity index (χ1) is 11.3. The number of hydrogen-bond acceptors (Lipinski definition) is 3. The van der Waals surface area contributed by atoms with Crippen LogP contribution in [0, 0.1) is 12.8 Å². The summed E-state index contributed by atoms with van der Waals surface area (Å²) in [5, 5.41) is 3.12. The number of aromatic nitrogens is 1. The molecule has 4 heteroatoms. The van der Waals surface area contributed by atoms with Crippen LogP contribution in [0.5, 0.6) is 0 Å². The number of amides is 1. The minimum absolute atomic E-state index is 0.177. The summed E-state index contributed by atoms with van der Waals surface area (Å²) in [6.45, 7) is 3.04. The lowest BCUT2D eigenvalue weighted by Gasteiger charge is -2.35. The van der Waals surface area contributed by atoms with Gasteiger partial charge in [0.15, 0.2) is 0 Å². The molecule has 1 saturated carbocycles. The van der Waals surface area contributed by atoms with Crippen LogP contribution in [0.1, 0.15) is 53.8 Å². The van der Waals surface area contributed by atoms with E-state index in [0.29, 0.717) is 11.8 Å². The highest BCUT2D eigenvalue weighted by atomic mass is 32.1. The molecule has 0 radical (unpaired) electrons. The summed E-state index contributed by atoms with van der Waals surface area (Å²) in [6.07, 6.45) is 6.23. The van der Waals surface area contributed by atoms with E-state index in [1.165, 1.54) is 17.5 Å². The Labute approximate surface area is 141 Å². The zero-order valence-electron chi connectivity index (χ0n) is 13.4. The first kappa shape index (κ1) is 14.9. The van der Waals surface area contributed by atoms with E-state index in [9.17, 15) is 4.79 Å². The molecule has 1 aliphatic carbocycles. The molecule has 3 nitrogen and oxygen atoms in total. The summed E-state index contributed by atoms with van der Waals surface area (Å²) < 4.78 is 0. The highest BCUT2D eigenvalue weighted by Gasteiger charge is 2.47. The summed E-state index contributed by atoms with van der Waals surface area (Å²) in [5.41, 5.74) is 2.66. The Hall–Kier alpha value is -1.68. The molecular formula is C19H22N2OS. The van der Waals surface area contributed by atoms with Crippen molar-refractivity contribution < 1.29 is 4.79 Å². The molecular weight excluding hydrogens is 304 g/mol. The monoisotopic (exact) mass is 326 g/mol. The summed E-state index contributed by atoms with van der Waals surface area (Å²) in [4.78, 5) is 19.6. The molecule has 3 atom stereocenters. The molecule has 23 heavy (non-hydrogen) atoms. The average Bonchev–Trinajstić information content (AvgIpc) is 3.18. The van der Waals surface area contributed by atoms with Gasteiger partial charge in [-0.1, -0.05) is 24.3 Å². The van der Waals surface area contributed by atoms with Crippen molar-refractivity contribution in [1.82, 2.24) is 9.88 Å². The predicted molar refractivity (Wildman–Crippen MR) is 92.4 cm³/mol. The van der Waals surface area contributed by atoms with Gasteiger partial charge in [-0.2, -0.15) is 0 Å². The van der Waals surface area contributed by atoms with Crippen LogP contribution in [0.2, 0.25) is 0 Å². The van der Waals surface area contributed by atoms with Gasteiger partial charge >= 0.3 is 0 Å². The summed E-state index contributed by atoms with van der Waals surface area (Å²) in [7, 11) is 0. The fourth-order valence-corrected chi connectivity index (χ4v) is 4.66. The number of carbonyl (C=O) groups is 1. The Morgan fingerprint density at radius 1 is 1.30 bits per heavy atom. The van der Waals surface area contributed by atoms with Gasteiger partial charge in [0.05, 0.1) is 6.04 Å². The zero-order chi connectivity index (χ0) is 15.8. The van der Waals surface area contributed by atoms with Crippen LogP contribution in [0.3, 0.4) is 0 Å². The molecule has 0 unspecified atom stereocenters. The van der Waals surface area contributed by atoms with E-state index in [1.54, 1.807) is 11.3 Å². The number of likely N-dealkylation sites (tertiary alicyclic amines) is 1. The number of thiazole rings is 1. The first-order valence-electron chi connectivity index (χ1n) is 8.51. The van der Waals surface area contributed by atoms with E-state index in [4.69, 9.17) is 0 Å². The zero-order valence-corrected chi connectivity index (χ0v) is 14.3. The van der Waals surface area contributed by atoms with E-state index < -0.39 is 0 Å². The molecule has 0 N–H and O–H groups in total. The maximum atomic E-state index is 13.1. The molecule has 4 rings (SSSR count). The minimum Gasteiger partial charge on any atom is -0.333 e. The number of nitrogens with zero attached hydrogens (tertiary/aromatic N) is 2. The van der Waals surface area contributed by atoms with Gasteiger partial charge in [-0.15, -0.1) is 11.3 Å². The van der Waals surface area contributed by atoms with Gasteiger partial charge < -0.3 is 4.90 Å². The largest absolute Gasteiger partial charge is 0.333 e. The topological polar surface area (TPSA) is 33.2 Å². The fourth-order valence-electron chi connectivity index (χ4n) is 3.88. The van der Waals surface area contributed by atoms with E-state index in [0.717, 1.165) is 30.8 Å². The summed E-state index contributed by atoms with van der Waals surface area (Å²) in [5.74, 6) is 0.942. The fraction of sp³-hybridized carbons (Fsp3) is 0.474. The Kier molecular flexibility index (Phi) is 3.93. The molecule has 0 spiro atoms. The first-order valence-corrected chi connectivity index (χ1v) is 9.39. The van der Waals surface area contributed by atoms with Gasteiger partial charge in [0.25, 0.3) is 0 Å². The highest BCUT2D eigenvalue weighted by Crippen LogP contribution is 2.50. The molecule has 0 bridgehead atoms. The van der Waals surface area contributed by atoms with Crippen molar-refractivity contribution in [2.45, 2.75) is 44.6 Å². The van der Waals surface area contributed by atoms with Gasteiger partial charge in [0.1, 0.15) is 5.01 Å². The van der Waals surface area contributed by atoms with Crippen LogP contribution in [-0.2, 0) is 4.79 Å². The third-order valence-corrected chi connectivity index (χ3v) is 6.09. The number of aryl methyl sites for hydroxylation is 1. The van der Waals surface area contributed by atoms with Crippen LogP contribution in [0.25, 0.3) is 0 Å². The van der Waals surface area contributed by atoms with Crippen LogP contribution in [0.4, 0.5) is 0 Å². The molecule has 120 valence electrons. The van der Waals surface area contributed by atoms with Crippen molar-refractivity contribution in [3.63, 3.8) is 0 Å².